The molecule has 2 aromatic rings. The number of nitrogens with zero attached hydrogens (tertiary/aromatic N) is 1. The van der Waals surface area contributed by atoms with E-state index in [1.54, 1.807) is 0 Å². The van der Waals surface area contributed by atoms with Crippen LogP contribution in [-0.2, 0) is 4.79 Å². The summed E-state index contributed by atoms with van der Waals surface area (Å²) in [5.41, 5.74) is 3.21. The van der Waals surface area contributed by atoms with Crippen molar-refractivity contribution in [1.82, 2.24) is 5.32 Å². The quantitative estimate of drug-likeness (QED) is 0.604. The molecular formula is C19H22N2O5. The normalized spacial score (nSPS) is 11.5. The lowest BCUT2D eigenvalue weighted by atomic mass is 10.0. The second-order valence-electron chi connectivity index (χ2n) is 6.01. The number of nitro benzene ring substituents is 1. The summed E-state index contributed by atoms with van der Waals surface area (Å²) in [7, 11) is 1.34. The third-order valence-corrected chi connectivity index (χ3v) is 4.13. The number of carbonyl (C=O) groups excluding carboxylic acids is 1. The van der Waals surface area contributed by atoms with Crippen molar-refractivity contribution in [2.45, 2.75) is 26.8 Å². The van der Waals surface area contributed by atoms with Crippen LogP contribution < -0.4 is 14.8 Å². The average Bonchev–Trinajstić information content (AvgIpc) is 2.61. The van der Waals surface area contributed by atoms with Gasteiger partial charge in [-0.05, 0) is 43.5 Å². The van der Waals surface area contributed by atoms with Crippen molar-refractivity contribution in [2.75, 3.05) is 13.7 Å². The summed E-state index contributed by atoms with van der Waals surface area (Å²) in [4.78, 5) is 22.4. The van der Waals surface area contributed by atoms with Crippen molar-refractivity contribution >= 4 is 11.6 Å². The third kappa shape index (κ3) is 4.72. The van der Waals surface area contributed by atoms with E-state index in [9.17, 15) is 14.9 Å². The van der Waals surface area contributed by atoms with Crippen LogP contribution in [0.15, 0.2) is 36.4 Å². The second-order valence-corrected chi connectivity index (χ2v) is 6.01. The fraction of sp³-hybridized carbons (Fsp3) is 0.316. The number of rotatable bonds is 7. The van der Waals surface area contributed by atoms with Crippen LogP contribution in [0.5, 0.6) is 11.5 Å². The van der Waals surface area contributed by atoms with Gasteiger partial charge < -0.3 is 14.8 Å². The summed E-state index contributed by atoms with van der Waals surface area (Å²) in [5, 5.41) is 13.7. The number of nitrogens with one attached hydrogen (secondary N) is 1. The van der Waals surface area contributed by atoms with E-state index in [2.05, 4.69) is 5.32 Å². The molecule has 0 aliphatic carbocycles. The van der Waals surface area contributed by atoms with Gasteiger partial charge >= 0.3 is 5.69 Å². The van der Waals surface area contributed by atoms with Crippen molar-refractivity contribution in [3.63, 3.8) is 0 Å². The molecule has 0 aromatic heterocycles. The zero-order valence-electron chi connectivity index (χ0n) is 15.2. The molecule has 2 rings (SSSR count). The third-order valence-electron chi connectivity index (χ3n) is 4.13. The summed E-state index contributed by atoms with van der Waals surface area (Å²) in [5.74, 6) is 0.117. The van der Waals surface area contributed by atoms with Gasteiger partial charge in [0.2, 0.25) is 5.75 Å². The van der Waals surface area contributed by atoms with Gasteiger partial charge in [0.25, 0.3) is 5.91 Å². The first-order valence-corrected chi connectivity index (χ1v) is 8.13. The summed E-state index contributed by atoms with van der Waals surface area (Å²) in [6, 6.07) is 9.99. The van der Waals surface area contributed by atoms with Gasteiger partial charge in [-0.15, -0.1) is 0 Å². The number of ether oxygens (including phenoxy) is 2. The maximum Gasteiger partial charge on any atom is 0.311 e. The lowest BCUT2D eigenvalue weighted by Crippen LogP contribution is -2.31. The lowest BCUT2D eigenvalue weighted by Gasteiger charge is -2.16. The van der Waals surface area contributed by atoms with E-state index < -0.39 is 4.92 Å². The monoisotopic (exact) mass is 358 g/mol. The van der Waals surface area contributed by atoms with E-state index in [1.165, 1.54) is 30.9 Å². The highest BCUT2D eigenvalue weighted by Gasteiger charge is 2.16. The van der Waals surface area contributed by atoms with Crippen LogP contribution in [0.3, 0.4) is 0 Å². The fourth-order valence-corrected chi connectivity index (χ4v) is 2.45. The molecule has 0 aliphatic heterocycles. The average molecular weight is 358 g/mol. The highest BCUT2D eigenvalue weighted by molar-refractivity contribution is 5.78. The van der Waals surface area contributed by atoms with Gasteiger partial charge in [-0.2, -0.15) is 0 Å². The van der Waals surface area contributed by atoms with Crippen LogP contribution in [-0.4, -0.2) is 24.5 Å². The molecule has 0 radical (unpaired) electrons. The number of hydrogen-bond donors (Lipinski definition) is 1. The highest BCUT2D eigenvalue weighted by atomic mass is 16.6. The molecular weight excluding hydrogens is 336 g/mol. The van der Waals surface area contributed by atoms with Crippen LogP contribution >= 0.6 is 0 Å². The minimum Gasteiger partial charge on any atom is -0.490 e. The molecule has 7 heteroatoms. The Hall–Kier alpha value is -3.09. The zero-order valence-corrected chi connectivity index (χ0v) is 15.2. The SMILES string of the molecule is COc1cc(OCC(=O)N[C@@H](C)c2ccc(C)c(C)c2)ccc1[N+](=O)[O-]. The first-order valence-electron chi connectivity index (χ1n) is 8.13. The summed E-state index contributed by atoms with van der Waals surface area (Å²) < 4.78 is 10.4. The van der Waals surface area contributed by atoms with E-state index in [4.69, 9.17) is 9.47 Å². The Kier molecular flexibility index (Phi) is 6.16. The van der Waals surface area contributed by atoms with Gasteiger partial charge in [0.15, 0.2) is 6.61 Å². The maximum absolute atomic E-state index is 12.1. The number of benzene rings is 2. The Labute approximate surface area is 152 Å². The highest BCUT2D eigenvalue weighted by Crippen LogP contribution is 2.30. The molecule has 0 fully saturated rings. The standard InChI is InChI=1S/C19H22N2O5/c1-12-5-6-15(9-13(12)2)14(3)20-19(22)11-26-16-7-8-17(21(23)24)18(10-16)25-4/h5-10,14H,11H2,1-4H3,(H,20,22)/t14-/m0/s1. The van der Waals surface area contributed by atoms with E-state index in [-0.39, 0.29) is 30.0 Å². The van der Waals surface area contributed by atoms with E-state index in [1.807, 2.05) is 39.0 Å². The number of nitro groups is 1. The van der Waals surface area contributed by atoms with E-state index in [0.29, 0.717) is 5.75 Å². The molecule has 0 heterocycles. The molecule has 0 bridgehead atoms. The predicted octanol–water partition coefficient (Wildman–Crippen LogP) is 3.48. The molecule has 1 atom stereocenters. The van der Waals surface area contributed by atoms with Gasteiger partial charge in [-0.3, -0.25) is 14.9 Å². The maximum atomic E-state index is 12.1. The van der Waals surface area contributed by atoms with E-state index in [0.717, 1.165) is 11.1 Å². The van der Waals surface area contributed by atoms with Gasteiger partial charge in [0.1, 0.15) is 5.75 Å². The first kappa shape index (κ1) is 19.2. The van der Waals surface area contributed by atoms with Crippen molar-refractivity contribution in [3.8, 4) is 11.5 Å². The predicted molar refractivity (Wildman–Crippen MR) is 97.6 cm³/mol. The Morgan fingerprint density at radius 1 is 1.19 bits per heavy atom. The Balaban J connectivity index is 1.96. The topological polar surface area (TPSA) is 90.7 Å². The first-order chi connectivity index (χ1) is 12.3. The van der Waals surface area contributed by atoms with Gasteiger partial charge in [0.05, 0.1) is 18.1 Å². The van der Waals surface area contributed by atoms with Crippen molar-refractivity contribution in [3.05, 3.63) is 63.2 Å². The Bertz CT molecular complexity index is 820. The number of hydrogen-bond acceptors (Lipinski definition) is 5. The van der Waals surface area contributed by atoms with E-state index >= 15 is 0 Å². The van der Waals surface area contributed by atoms with Gasteiger partial charge in [0, 0.05) is 12.1 Å². The molecule has 0 spiro atoms. The molecule has 0 unspecified atom stereocenters. The number of methoxy groups -OCH3 is 1. The van der Waals surface area contributed by atoms with Crippen LogP contribution in [0, 0.1) is 24.0 Å². The Morgan fingerprint density at radius 2 is 1.92 bits per heavy atom. The minimum atomic E-state index is -0.541. The molecule has 1 N–H and O–H groups in total. The summed E-state index contributed by atoms with van der Waals surface area (Å²) in [6.45, 7) is 5.76. The number of carbonyl (C=O) groups is 1. The smallest absolute Gasteiger partial charge is 0.311 e. The molecule has 26 heavy (non-hydrogen) atoms. The molecule has 0 saturated carbocycles. The largest absolute Gasteiger partial charge is 0.490 e. The minimum absolute atomic E-state index is 0.0800. The van der Waals surface area contributed by atoms with Crippen molar-refractivity contribution in [2.24, 2.45) is 0 Å². The molecule has 138 valence electrons. The summed E-state index contributed by atoms with van der Waals surface area (Å²) in [6.07, 6.45) is 0. The zero-order chi connectivity index (χ0) is 19.3. The molecule has 2 aromatic carbocycles. The second kappa shape index (κ2) is 8.33. The lowest BCUT2D eigenvalue weighted by molar-refractivity contribution is -0.385. The summed E-state index contributed by atoms with van der Waals surface area (Å²) >= 11 is 0. The fourth-order valence-electron chi connectivity index (χ4n) is 2.45. The Morgan fingerprint density at radius 3 is 2.54 bits per heavy atom. The van der Waals surface area contributed by atoms with Crippen LogP contribution in [0.4, 0.5) is 5.69 Å². The van der Waals surface area contributed by atoms with Gasteiger partial charge in [-0.25, -0.2) is 0 Å². The number of amides is 1. The van der Waals surface area contributed by atoms with Crippen LogP contribution in [0.2, 0.25) is 0 Å². The van der Waals surface area contributed by atoms with Crippen LogP contribution in [0.25, 0.3) is 0 Å². The van der Waals surface area contributed by atoms with Crippen molar-refractivity contribution < 1.29 is 19.2 Å². The molecule has 7 nitrogen and oxygen atoms in total. The van der Waals surface area contributed by atoms with Crippen LogP contribution in [0.1, 0.15) is 29.7 Å². The molecule has 0 aliphatic rings. The van der Waals surface area contributed by atoms with Gasteiger partial charge in [-0.1, -0.05) is 18.2 Å². The van der Waals surface area contributed by atoms with Crippen molar-refractivity contribution in [1.29, 1.82) is 0 Å². The molecule has 1 amide bonds. The number of aryl methyl sites for hydroxylation is 2. The molecule has 0 saturated heterocycles.